The van der Waals surface area contributed by atoms with Crippen LogP contribution in [0.4, 0.5) is 5.69 Å². The highest BCUT2D eigenvalue weighted by Gasteiger charge is 2.04. The van der Waals surface area contributed by atoms with Crippen molar-refractivity contribution in [1.29, 1.82) is 0 Å². The summed E-state index contributed by atoms with van der Waals surface area (Å²) in [7, 11) is 0. The molecule has 0 aliphatic carbocycles. The van der Waals surface area contributed by atoms with E-state index in [9.17, 15) is 4.79 Å². The first-order valence-electron chi connectivity index (χ1n) is 6.85. The number of carbonyl (C=O) groups excluding carboxylic acids is 1. The third-order valence-corrected chi connectivity index (χ3v) is 3.05. The Morgan fingerprint density at radius 3 is 2.68 bits per heavy atom. The smallest absolute Gasteiger partial charge is 0.255 e. The summed E-state index contributed by atoms with van der Waals surface area (Å²) in [4.78, 5) is 16.1. The van der Waals surface area contributed by atoms with E-state index in [2.05, 4.69) is 10.3 Å². The Balaban J connectivity index is 1.73. The highest BCUT2D eigenvalue weighted by molar-refractivity contribution is 6.04. The van der Waals surface area contributed by atoms with E-state index in [-0.39, 0.29) is 5.91 Å². The molecule has 0 bridgehead atoms. The van der Waals surface area contributed by atoms with E-state index >= 15 is 0 Å². The summed E-state index contributed by atoms with van der Waals surface area (Å²) < 4.78 is 5.14. The lowest BCUT2D eigenvalue weighted by atomic mass is 10.1. The molecule has 22 heavy (non-hydrogen) atoms. The van der Waals surface area contributed by atoms with Crippen molar-refractivity contribution < 1.29 is 9.21 Å². The Morgan fingerprint density at radius 2 is 1.91 bits per heavy atom. The van der Waals surface area contributed by atoms with Crippen molar-refractivity contribution in [1.82, 2.24) is 4.98 Å². The van der Waals surface area contributed by atoms with Crippen LogP contribution >= 0.6 is 0 Å². The number of amides is 1. The van der Waals surface area contributed by atoms with Crippen LogP contribution in [0.25, 0.3) is 12.2 Å². The minimum absolute atomic E-state index is 0.130. The maximum atomic E-state index is 12.1. The predicted molar refractivity (Wildman–Crippen MR) is 86.3 cm³/mol. The SMILES string of the molecule is O=C(Nc1cccc(/C=C/c2ncco2)c1)c1ccccc1. The molecule has 0 aliphatic heterocycles. The molecule has 0 spiro atoms. The van der Waals surface area contributed by atoms with Gasteiger partial charge in [-0.3, -0.25) is 4.79 Å². The molecule has 0 atom stereocenters. The number of benzene rings is 2. The average Bonchev–Trinajstić information content (AvgIpc) is 3.08. The van der Waals surface area contributed by atoms with E-state index in [1.165, 1.54) is 6.26 Å². The summed E-state index contributed by atoms with van der Waals surface area (Å²) in [5.41, 5.74) is 2.32. The summed E-state index contributed by atoms with van der Waals surface area (Å²) in [5, 5.41) is 2.88. The topological polar surface area (TPSA) is 55.1 Å². The first-order valence-corrected chi connectivity index (χ1v) is 6.85. The van der Waals surface area contributed by atoms with E-state index in [0.29, 0.717) is 11.5 Å². The Morgan fingerprint density at radius 1 is 1.05 bits per heavy atom. The summed E-state index contributed by atoms with van der Waals surface area (Å²) in [6.07, 6.45) is 6.77. The monoisotopic (exact) mass is 290 g/mol. The van der Waals surface area contributed by atoms with Crippen LogP contribution in [-0.4, -0.2) is 10.9 Å². The van der Waals surface area contributed by atoms with Crippen molar-refractivity contribution in [2.24, 2.45) is 0 Å². The lowest BCUT2D eigenvalue weighted by molar-refractivity contribution is 0.102. The lowest BCUT2D eigenvalue weighted by Gasteiger charge is -2.06. The molecule has 1 heterocycles. The molecule has 108 valence electrons. The van der Waals surface area contributed by atoms with Crippen LogP contribution in [0.15, 0.2) is 71.5 Å². The Hall–Kier alpha value is -3.14. The van der Waals surface area contributed by atoms with Gasteiger partial charge in [0.2, 0.25) is 5.89 Å². The summed E-state index contributed by atoms with van der Waals surface area (Å²) in [5.74, 6) is 0.410. The Bertz CT molecular complexity index is 778. The van der Waals surface area contributed by atoms with Gasteiger partial charge in [-0.15, -0.1) is 0 Å². The fourth-order valence-electron chi connectivity index (χ4n) is 2.00. The molecule has 4 heteroatoms. The number of nitrogens with zero attached hydrogens (tertiary/aromatic N) is 1. The minimum Gasteiger partial charge on any atom is -0.445 e. The van der Waals surface area contributed by atoms with Crippen LogP contribution < -0.4 is 5.32 Å². The second kappa shape index (κ2) is 6.54. The molecule has 2 aromatic carbocycles. The summed E-state index contributed by atoms with van der Waals surface area (Å²) in [6.45, 7) is 0. The highest BCUT2D eigenvalue weighted by Crippen LogP contribution is 2.14. The average molecular weight is 290 g/mol. The van der Waals surface area contributed by atoms with Gasteiger partial charge >= 0.3 is 0 Å². The number of rotatable bonds is 4. The van der Waals surface area contributed by atoms with Crippen molar-refractivity contribution in [3.8, 4) is 0 Å². The molecule has 1 N–H and O–H groups in total. The second-order valence-electron chi connectivity index (χ2n) is 4.65. The summed E-state index contributed by atoms with van der Waals surface area (Å²) in [6, 6.07) is 16.7. The van der Waals surface area contributed by atoms with Crippen molar-refractivity contribution in [2.75, 3.05) is 5.32 Å². The number of oxazole rings is 1. The molecule has 3 aromatic rings. The Labute approximate surface area is 128 Å². The second-order valence-corrected chi connectivity index (χ2v) is 4.65. The van der Waals surface area contributed by atoms with Crippen LogP contribution in [0, 0.1) is 0 Å². The van der Waals surface area contributed by atoms with Gasteiger partial charge in [0.15, 0.2) is 0 Å². The number of hydrogen-bond donors (Lipinski definition) is 1. The van der Waals surface area contributed by atoms with E-state index < -0.39 is 0 Å². The van der Waals surface area contributed by atoms with Crippen molar-refractivity contribution in [2.45, 2.75) is 0 Å². The van der Waals surface area contributed by atoms with Crippen molar-refractivity contribution >= 4 is 23.7 Å². The maximum absolute atomic E-state index is 12.1. The molecule has 4 nitrogen and oxygen atoms in total. The number of anilines is 1. The minimum atomic E-state index is -0.130. The number of hydrogen-bond acceptors (Lipinski definition) is 3. The number of nitrogens with one attached hydrogen (secondary N) is 1. The molecule has 0 fully saturated rings. The molecule has 0 aliphatic rings. The third-order valence-electron chi connectivity index (χ3n) is 3.05. The zero-order valence-electron chi connectivity index (χ0n) is 11.8. The van der Waals surface area contributed by atoms with Crippen LogP contribution in [-0.2, 0) is 0 Å². The van der Waals surface area contributed by atoms with Gasteiger partial charge < -0.3 is 9.73 Å². The molecule has 1 aromatic heterocycles. The van der Waals surface area contributed by atoms with E-state index in [1.807, 2.05) is 48.5 Å². The van der Waals surface area contributed by atoms with Crippen molar-refractivity contribution in [3.05, 3.63) is 84.1 Å². The highest BCUT2D eigenvalue weighted by atomic mass is 16.3. The van der Waals surface area contributed by atoms with E-state index in [4.69, 9.17) is 4.42 Å². The predicted octanol–water partition coefficient (Wildman–Crippen LogP) is 4.10. The standard InChI is InChI=1S/C18H14N2O2/c21-18(15-6-2-1-3-7-15)20-16-8-4-5-14(13-16)9-10-17-19-11-12-22-17/h1-13H,(H,20,21)/b10-9+. The number of carbonyl (C=O) groups is 1. The first kappa shape index (κ1) is 13.8. The molecule has 0 radical (unpaired) electrons. The largest absolute Gasteiger partial charge is 0.445 e. The summed E-state index contributed by atoms with van der Waals surface area (Å²) >= 11 is 0. The fraction of sp³-hybridized carbons (Fsp3) is 0. The van der Waals surface area contributed by atoms with Gasteiger partial charge in [-0.25, -0.2) is 4.98 Å². The van der Waals surface area contributed by atoms with Crippen LogP contribution in [0.3, 0.4) is 0 Å². The van der Waals surface area contributed by atoms with Gasteiger partial charge in [-0.1, -0.05) is 30.3 Å². The molecular formula is C18H14N2O2. The quantitative estimate of drug-likeness (QED) is 0.787. The third kappa shape index (κ3) is 3.49. The van der Waals surface area contributed by atoms with Crippen LogP contribution in [0.2, 0.25) is 0 Å². The number of aromatic nitrogens is 1. The van der Waals surface area contributed by atoms with Crippen molar-refractivity contribution in [3.63, 3.8) is 0 Å². The fourth-order valence-corrected chi connectivity index (χ4v) is 2.00. The lowest BCUT2D eigenvalue weighted by Crippen LogP contribution is -2.11. The molecular weight excluding hydrogens is 276 g/mol. The van der Waals surface area contributed by atoms with Gasteiger partial charge in [0.25, 0.3) is 5.91 Å². The van der Waals surface area contributed by atoms with Gasteiger partial charge in [0.05, 0.1) is 6.20 Å². The molecule has 0 unspecified atom stereocenters. The Kier molecular flexibility index (Phi) is 4.11. The molecule has 0 saturated carbocycles. The van der Waals surface area contributed by atoms with Crippen LogP contribution in [0.1, 0.15) is 21.8 Å². The zero-order valence-corrected chi connectivity index (χ0v) is 11.8. The van der Waals surface area contributed by atoms with Crippen LogP contribution in [0.5, 0.6) is 0 Å². The van der Waals surface area contributed by atoms with Gasteiger partial charge in [0.1, 0.15) is 6.26 Å². The molecule has 1 amide bonds. The van der Waals surface area contributed by atoms with E-state index in [1.54, 1.807) is 24.4 Å². The first-order chi connectivity index (χ1) is 10.8. The van der Waals surface area contributed by atoms with Gasteiger partial charge in [-0.2, -0.15) is 0 Å². The molecule has 3 rings (SSSR count). The zero-order chi connectivity index (χ0) is 15.2. The van der Waals surface area contributed by atoms with Gasteiger partial charge in [-0.05, 0) is 35.9 Å². The normalized spacial score (nSPS) is 10.7. The van der Waals surface area contributed by atoms with Gasteiger partial charge in [0, 0.05) is 17.3 Å². The molecule has 0 saturated heterocycles. The van der Waals surface area contributed by atoms with E-state index in [0.717, 1.165) is 11.3 Å². The maximum Gasteiger partial charge on any atom is 0.255 e.